The van der Waals surface area contributed by atoms with Crippen LogP contribution in [-0.4, -0.2) is 15.9 Å². The first kappa shape index (κ1) is 14.2. The summed E-state index contributed by atoms with van der Waals surface area (Å²) >= 11 is 3.42. The summed E-state index contributed by atoms with van der Waals surface area (Å²) in [5.74, 6) is 1.28. The van der Waals surface area contributed by atoms with Crippen LogP contribution in [-0.2, 0) is 11.3 Å². The second-order valence-electron chi connectivity index (χ2n) is 5.31. The third kappa shape index (κ3) is 3.47. The Morgan fingerprint density at radius 1 is 1.33 bits per heavy atom. The maximum atomic E-state index is 12.2. The zero-order valence-corrected chi connectivity index (χ0v) is 13.3. The van der Waals surface area contributed by atoms with E-state index < -0.39 is 0 Å². The van der Waals surface area contributed by atoms with Gasteiger partial charge in [-0.1, -0.05) is 28.1 Å². The van der Waals surface area contributed by atoms with Crippen molar-refractivity contribution in [2.75, 3.05) is 0 Å². The zero-order chi connectivity index (χ0) is 14.8. The van der Waals surface area contributed by atoms with Crippen LogP contribution in [0.4, 0.5) is 0 Å². The summed E-state index contributed by atoms with van der Waals surface area (Å²) < 4.78 is 1.06. The monoisotopic (exact) mass is 345 g/mol. The molecule has 21 heavy (non-hydrogen) atoms. The van der Waals surface area contributed by atoms with Gasteiger partial charge in [0.05, 0.1) is 12.2 Å². The Hall–Kier alpha value is -1.75. The normalized spacial score (nSPS) is 20.1. The summed E-state index contributed by atoms with van der Waals surface area (Å²) in [4.78, 5) is 20.5. The van der Waals surface area contributed by atoms with E-state index in [2.05, 4.69) is 43.3 Å². The number of nitrogens with one attached hydrogen (secondary N) is 1. The van der Waals surface area contributed by atoms with Gasteiger partial charge in [0.1, 0.15) is 5.82 Å². The Morgan fingerprint density at radius 2 is 2.10 bits per heavy atom. The van der Waals surface area contributed by atoms with Gasteiger partial charge in [-0.15, -0.1) is 0 Å². The van der Waals surface area contributed by atoms with E-state index in [4.69, 9.17) is 0 Å². The molecule has 4 nitrogen and oxygen atoms in total. The summed E-state index contributed by atoms with van der Waals surface area (Å²) in [6.07, 6.45) is 2.64. The van der Waals surface area contributed by atoms with Crippen LogP contribution < -0.4 is 5.32 Å². The summed E-state index contributed by atoms with van der Waals surface area (Å²) in [6, 6.07) is 10.0. The molecule has 1 aliphatic rings. The fourth-order valence-electron chi connectivity index (χ4n) is 2.48. The number of nitrogens with zero attached hydrogens (tertiary/aromatic N) is 2. The van der Waals surface area contributed by atoms with Gasteiger partial charge in [0.2, 0.25) is 5.91 Å². The molecule has 1 amide bonds. The van der Waals surface area contributed by atoms with Gasteiger partial charge >= 0.3 is 0 Å². The zero-order valence-electron chi connectivity index (χ0n) is 11.7. The number of aryl methyl sites for hydroxylation is 1. The minimum Gasteiger partial charge on any atom is -0.350 e. The number of aromatic nitrogens is 2. The lowest BCUT2D eigenvalue weighted by Gasteiger charge is -2.05. The fraction of sp³-hybridized carbons (Fsp3) is 0.312. The van der Waals surface area contributed by atoms with Crippen molar-refractivity contribution in [2.24, 2.45) is 5.92 Å². The second-order valence-corrected chi connectivity index (χ2v) is 6.23. The summed E-state index contributed by atoms with van der Waals surface area (Å²) in [5.41, 5.74) is 2.08. The first-order valence-electron chi connectivity index (χ1n) is 6.95. The molecule has 5 heteroatoms. The number of rotatable bonds is 4. The van der Waals surface area contributed by atoms with Crippen LogP contribution in [0.5, 0.6) is 0 Å². The largest absolute Gasteiger partial charge is 0.350 e. The summed E-state index contributed by atoms with van der Waals surface area (Å²) in [5, 5.41) is 2.96. The highest BCUT2D eigenvalue weighted by atomic mass is 79.9. The highest BCUT2D eigenvalue weighted by Crippen LogP contribution is 2.47. The molecular weight excluding hydrogens is 330 g/mol. The first-order chi connectivity index (χ1) is 10.1. The van der Waals surface area contributed by atoms with Crippen molar-refractivity contribution >= 4 is 21.8 Å². The Labute approximate surface area is 132 Å². The van der Waals surface area contributed by atoms with Gasteiger partial charge in [-0.25, -0.2) is 9.97 Å². The van der Waals surface area contributed by atoms with Crippen molar-refractivity contribution in [1.29, 1.82) is 0 Å². The molecule has 2 aromatic rings. The molecule has 108 valence electrons. The van der Waals surface area contributed by atoms with E-state index in [-0.39, 0.29) is 11.8 Å². The number of carbonyl (C=O) groups excluding carboxylic acids is 1. The Kier molecular flexibility index (Phi) is 4.01. The molecule has 1 saturated carbocycles. The molecular formula is C16H16BrN3O. The van der Waals surface area contributed by atoms with Crippen molar-refractivity contribution in [3.63, 3.8) is 0 Å². The maximum Gasteiger partial charge on any atom is 0.224 e. The van der Waals surface area contributed by atoms with Gasteiger partial charge in [-0.2, -0.15) is 0 Å². The Bertz CT molecular complexity index is 657. The van der Waals surface area contributed by atoms with Gasteiger partial charge in [0.15, 0.2) is 0 Å². The van der Waals surface area contributed by atoms with Gasteiger partial charge in [-0.05, 0) is 43.0 Å². The molecule has 2 unspecified atom stereocenters. The third-order valence-electron chi connectivity index (χ3n) is 3.70. The van der Waals surface area contributed by atoms with E-state index in [1.54, 1.807) is 6.20 Å². The van der Waals surface area contributed by atoms with E-state index in [1.807, 2.05) is 25.1 Å². The van der Waals surface area contributed by atoms with Crippen molar-refractivity contribution in [2.45, 2.75) is 25.8 Å². The van der Waals surface area contributed by atoms with Crippen molar-refractivity contribution in [3.8, 4) is 0 Å². The van der Waals surface area contributed by atoms with Gasteiger partial charge in [0, 0.05) is 16.6 Å². The van der Waals surface area contributed by atoms with E-state index >= 15 is 0 Å². The number of amides is 1. The van der Waals surface area contributed by atoms with Crippen molar-refractivity contribution in [1.82, 2.24) is 15.3 Å². The number of carbonyl (C=O) groups is 1. The van der Waals surface area contributed by atoms with Crippen LogP contribution in [0, 0.1) is 12.8 Å². The SMILES string of the molecule is Cc1nccc(CNC(=O)C2CC2c2ccc(Br)cc2)n1. The van der Waals surface area contributed by atoms with Crippen LogP contribution in [0.2, 0.25) is 0 Å². The van der Waals surface area contributed by atoms with E-state index in [1.165, 1.54) is 5.56 Å². The average molecular weight is 346 g/mol. The lowest BCUT2D eigenvalue weighted by atomic mass is 10.1. The van der Waals surface area contributed by atoms with Gasteiger partial charge in [0.25, 0.3) is 0 Å². The maximum absolute atomic E-state index is 12.2. The molecule has 1 aromatic heterocycles. The number of benzene rings is 1. The molecule has 0 radical (unpaired) electrons. The van der Waals surface area contributed by atoms with Crippen LogP contribution >= 0.6 is 15.9 Å². The lowest BCUT2D eigenvalue weighted by molar-refractivity contribution is -0.122. The molecule has 1 heterocycles. The third-order valence-corrected chi connectivity index (χ3v) is 4.23. The molecule has 1 fully saturated rings. The molecule has 1 N–H and O–H groups in total. The molecule has 1 aromatic carbocycles. The first-order valence-corrected chi connectivity index (χ1v) is 7.74. The van der Waals surface area contributed by atoms with Gasteiger partial charge in [-0.3, -0.25) is 4.79 Å². The molecule has 3 rings (SSSR count). The topological polar surface area (TPSA) is 54.9 Å². The molecule has 0 bridgehead atoms. The van der Waals surface area contributed by atoms with Crippen LogP contribution in [0.15, 0.2) is 41.0 Å². The predicted molar refractivity (Wildman–Crippen MR) is 83.6 cm³/mol. The van der Waals surface area contributed by atoms with Crippen molar-refractivity contribution < 1.29 is 4.79 Å². The smallest absolute Gasteiger partial charge is 0.224 e. The van der Waals surface area contributed by atoms with Crippen LogP contribution in [0.1, 0.15) is 29.4 Å². The summed E-state index contributed by atoms with van der Waals surface area (Å²) in [7, 11) is 0. The lowest BCUT2D eigenvalue weighted by Crippen LogP contribution is -2.25. The molecule has 2 atom stereocenters. The molecule has 1 aliphatic carbocycles. The second kappa shape index (κ2) is 5.93. The van der Waals surface area contributed by atoms with Crippen molar-refractivity contribution in [3.05, 3.63) is 58.1 Å². The number of halogens is 1. The standard InChI is InChI=1S/C16H16BrN3O/c1-10-18-7-6-13(20-10)9-19-16(21)15-8-14(15)11-2-4-12(17)5-3-11/h2-7,14-15H,8-9H2,1H3,(H,19,21). The molecule has 0 aliphatic heterocycles. The predicted octanol–water partition coefficient (Wildman–Crippen LogP) is 2.97. The fourth-order valence-corrected chi connectivity index (χ4v) is 2.74. The van der Waals surface area contributed by atoms with Gasteiger partial charge < -0.3 is 5.32 Å². The molecule has 0 saturated heterocycles. The number of hydrogen-bond acceptors (Lipinski definition) is 3. The minimum absolute atomic E-state index is 0.0918. The highest BCUT2D eigenvalue weighted by molar-refractivity contribution is 9.10. The van der Waals surface area contributed by atoms with E-state index in [0.717, 1.165) is 22.4 Å². The highest BCUT2D eigenvalue weighted by Gasteiger charge is 2.43. The van der Waals surface area contributed by atoms with E-state index in [9.17, 15) is 4.79 Å². The van der Waals surface area contributed by atoms with Crippen LogP contribution in [0.3, 0.4) is 0 Å². The average Bonchev–Trinajstić information content (AvgIpc) is 3.26. The quantitative estimate of drug-likeness (QED) is 0.926. The Morgan fingerprint density at radius 3 is 2.81 bits per heavy atom. The number of hydrogen-bond donors (Lipinski definition) is 1. The minimum atomic E-state index is 0.0918. The molecule has 0 spiro atoms. The van der Waals surface area contributed by atoms with Crippen LogP contribution in [0.25, 0.3) is 0 Å². The summed E-state index contributed by atoms with van der Waals surface area (Å²) in [6.45, 7) is 2.31. The Balaban J connectivity index is 1.54. The van der Waals surface area contributed by atoms with E-state index in [0.29, 0.717) is 12.5 Å².